The van der Waals surface area contributed by atoms with Gasteiger partial charge in [-0.2, -0.15) is 0 Å². The predicted molar refractivity (Wildman–Crippen MR) is 168 cm³/mol. The second kappa shape index (κ2) is 10.6. The van der Waals surface area contributed by atoms with Crippen LogP contribution in [0.2, 0.25) is 0 Å². The zero-order chi connectivity index (χ0) is 28.7. The van der Waals surface area contributed by atoms with Crippen molar-refractivity contribution >= 4 is 39.5 Å². The number of benzene rings is 4. The van der Waals surface area contributed by atoms with Crippen LogP contribution in [0.4, 0.5) is 10.8 Å². The highest BCUT2D eigenvalue weighted by Gasteiger charge is 2.36. The molecule has 2 amide bonds. The number of nitrogens with one attached hydrogen (secondary N) is 1. The van der Waals surface area contributed by atoms with Crippen LogP contribution in [-0.2, 0) is 4.79 Å². The third-order valence-corrected chi connectivity index (χ3v) is 8.47. The average molecular weight is 556 g/mol. The number of aryl methyl sites for hydroxylation is 4. The highest BCUT2D eigenvalue weighted by atomic mass is 32.1. The van der Waals surface area contributed by atoms with Crippen LogP contribution in [0.5, 0.6) is 0 Å². The van der Waals surface area contributed by atoms with E-state index in [2.05, 4.69) is 67.7 Å². The SMILES string of the molecule is Cc1ccc(-c2nc(N/C=C3/C(=O)N(c4ccc(C)c(C)c4)C(=O)c4ccccc43)sc2-c2ccc(C)cc2)cc1. The molecule has 6 rings (SSSR count). The second-order valence-corrected chi connectivity index (χ2v) is 11.4. The molecule has 0 saturated carbocycles. The summed E-state index contributed by atoms with van der Waals surface area (Å²) < 4.78 is 0. The zero-order valence-corrected chi connectivity index (χ0v) is 24.2. The quantitative estimate of drug-likeness (QED) is 0.175. The number of thiazole rings is 1. The van der Waals surface area contributed by atoms with Crippen LogP contribution >= 0.6 is 11.3 Å². The molecule has 5 nitrogen and oxygen atoms in total. The summed E-state index contributed by atoms with van der Waals surface area (Å²) in [5, 5.41) is 3.96. The molecule has 4 aromatic carbocycles. The summed E-state index contributed by atoms with van der Waals surface area (Å²) in [6, 6.07) is 29.6. The molecule has 2 heterocycles. The van der Waals surface area contributed by atoms with E-state index in [4.69, 9.17) is 4.98 Å². The van der Waals surface area contributed by atoms with Crippen molar-refractivity contribution in [3.63, 3.8) is 0 Å². The van der Waals surface area contributed by atoms with Gasteiger partial charge in [-0.3, -0.25) is 9.59 Å². The molecule has 1 aliphatic heterocycles. The fraction of sp³-hybridized carbons (Fsp3) is 0.114. The van der Waals surface area contributed by atoms with E-state index < -0.39 is 0 Å². The van der Waals surface area contributed by atoms with Gasteiger partial charge in [0.25, 0.3) is 11.8 Å². The molecule has 1 aliphatic rings. The second-order valence-electron chi connectivity index (χ2n) is 10.4. The predicted octanol–water partition coefficient (Wildman–Crippen LogP) is 8.35. The normalized spacial score (nSPS) is 14.0. The number of carbonyl (C=O) groups excluding carboxylic acids is 2. The lowest BCUT2D eigenvalue weighted by atomic mass is 9.93. The fourth-order valence-corrected chi connectivity index (χ4v) is 5.88. The molecule has 6 heteroatoms. The molecule has 1 aromatic heterocycles. The van der Waals surface area contributed by atoms with Crippen LogP contribution in [0.15, 0.2) is 97.2 Å². The maximum absolute atomic E-state index is 13.9. The minimum absolute atomic E-state index is 0.330. The van der Waals surface area contributed by atoms with Gasteiger partial charge in [-0.15, -0.1) is 0 Å². The van der Waals surface area contributed by atoms with Crippen LogP contribution in [-0.4, -0.2) is 16.8 Å². The van der Waals surface area contributed by atoms with Gasteiger partial charge in [-0.1, -0.05) is 95.3 Å². The smallest absolute Gasteiger partial charge is 0.267 e. The number of carbonyl (C=O) groups is 2. The first kappa shape index (κ1) is 26.4. The molecule has 0 aliphatic carbocycles. The van der Waals surface area contributed by atoms with E-state index in [1.165, 1.54) is 27.4 Å². The Morgan fingerprint density at radius 1 is 0.707 bits per heavy atom. The van der Waals surface area contributed by atoms with Gasteiger partial charge in [0, 0.05) is 22.9 Å². The van der Waals surface area contributed by atoms with Gasteiger partial charge in [0.2, 0.25) is 0 Å². The highest BCUT2D eigenvalue weighted by molar-refractivity contribution is 7.19. The molecule has 0 saturated heterocycles. The third-order valence-electron chi connectivity index (χ3n) is 7.44. The number of rotatable bonds is 5. The number of imide groups is 1. The Balaban J connectivity index is 1.42. The van der Waals surface area contributed by atoms with Gasteiger partial charge < -0.3 is 5.32 Å². The maximum atomic E-state index is 13.9. The van der Waals surface area contributed by atoms with Gasteiger partial charge in [-0.05, 0) is 62.6 Å². The third kappa shape index (κ3) is 4.98. The van der Waals surface area contributed by atoms with E-state index in [1.807, 2.05) is 50.2 Å². The van der Waals surface area contributed by atoms with Crippen molar-refractivity contribution in [2.45, 2.75) is 27.7 Å². The molecule has 0 radical (unpaired) electrons. The van der Waals surface area contributed by atoms with E-state index in [9.17, 15) is 9.59 Å². The van der Waals surface area contributed by atoms with Gasteiger partial charge in [-0.25, -0.2) is 9.88 Å². The van der Waals surface area contributed by atoms with E-state index >= 15 is 0 Å². The number of aromatic nitrogens is 1. The first-order valence-corrected chi connectivity index (χ1v) is 14.3. The molecular formula is C35H29N3O2S. The fourth-order valence-electron chi connectivity index (χ4n) is 4.91. The van der Waals surface area contributed by atoms with Crippen molar-refractivity contribution in [3.8, 4) is 21.7 Å². The van der Waals surface area contributed by atoms with Crippen molar-refractivity contribution in [1.82, 2.24) is 4.98 Å². The summed E-state index contributed by atoms with van der Waals surface area (Å²) in [6.07, 6.45) is 1.68. The van der Waals surface area contributed by atoms with E-state index in [1.54, 1.807) is 12.3 Å². The summed E-state index contributed by atoms with van der Waals surface area (Å²) in [4.78, 5) is 34.6. The average Bonchev–Trinajstić information content (AvgIpc) is 3.40. The zero-order valence-electron chi connectivity index (χ0n) is 23.4. The van der Waals surface area contributed by atoms with Crippen molar-refractivity contribution in [3.05, 3.63) is 131 Å². The van der Waals surface area contributed by atoms with Gasteiger partial charge >= 0.3 is 0 Å². The minimum atomic E-state index is -0.376. The summed E-state index contributed by atoms with van der Waals surface area (Å²) in [5.41, 5.74) is 9.51. The molecule has 0 fully saturated rings. The van der Waals surface area contributed by atoms with E-state index in [0.29, 0.717) is 27.5 Å². The van der Waals surface area contributed by atoms with Crippen LogP contribution in [0.25, 0.3) is 27.3 Å². The first-order chi connectivity index (χ1) is 19.8. The Morgan fingerprint density at radius 3 is 2.00 bits per heavy atom. The number of fused-ring (bicyclic) bond motifs is 1. The van der Waals surface area contributed by atoms with Crippen LogP contribution in [0.1, 0.15) is 38.2 Å². The molecule has 5 aromatic rings. The number of amides is 2. The molecule has 0 bridgehead atoms. The Hall–Kier alpha value is -4.81. The van der Waals surface area contributed by atoms with Crippen molar-refractivity contribution < 1.29 is 9.59 Å². The van der Waals surface area contributed by atoms with Crippen molar-refractivity contribution in [2.24, 2.45) is 0 Å². The molecule has 0 unspecified atom stereocenters. The largest absolute Gasteiger partial charge is 0.337 e. The highest BCUT2D eigenvalue weighted by Crippen LogP contribution is 2.40. The number of nitrogens with zero attached hydrogens (tertiary/aromatic N) is 2. The van der Waals surface area contributed by atoms with Crippen LogP contribution in [0, 0.1) is 27.7 Å². The number of anilines is 2. The maximum Gasteiger partial charge on any atom is 0.267 e. The molecule has 1 N–H and O–H groups in total. The minimum Gasteiger partial charge on any atom is -0.337 e. The first-order valence-electron chi connectivity index (χ1n) is 13.5. The summed E-state index contributed by atoms with van der Waals surface area (Å²) in [6.45, 7) is 8.12. The summed E-state index contributed by atoms with van der Waals surface area (Å²) in [7, 11) is 0. The van der Waals surface area contributed by atoms with Crippen molar-refractivity contribution in [2.75, 3.05) is 10.2 Å². The molecule has 0 spiro atoms. The monoisotopic (exact) mass is 555 g/mol. The van der Waals surface area contributed by atoms with Crippen LogP contribution in [0.3, 0.4) is 0 Å². The van der Waals surface area contributed by atoms with Crippen LogP contribution < -0.4 is 10.2 Å². The van der Waals surface area contributed by atoms with Crippen molar-refractivity contribution in [1.29, 1.82) is 0 Å². The molecule has 202 valence electrons. The summed E-state index contributed by atoms with van der Waals surface area (Å²) in [5.74, 6) is -0.706. The summed E-state index contributed by atoms with van der Waals surface area (Å²) >= 11 is 1.53. The molecular weight excluding hydrogens is 526 g/mol. The Kier molecular flexibility index (Phi) is 6.85. The molecule has 41 heavy (non-hydrogen) atoms. The lowest BCUT2D eigenvalue weighted by Crippen LogP contribution is -2.42. The van der Waals surface area contributed by atoms with Gasteiger partial charge in [0.1, 0.15) is 0 Å². The van der Waals surface area contributed by atoms with E-state index in [-0.39, 0.29) is 11.8 Å². The molecule has 0 atom stereocenters. The van der Waals surface area contributed by atoms with E-state index in [0.717, 1.165) is 32.8 Å². The topological polar surface area (TPSA) is 62.3 Å². The Labute approximate surface area is 243 Å². The van der Waals surface area contributed by atoms with Gasteiger partial charge in [0.15, 0.2) is 5.13 Å². The standard InChI is InChI=1S/C35H29N3O2S/c1-21-9-14-25(15-10-21)31-32(26-16-11-22(2)12-17-26)41-35(37-31)36-20-30-28-7-5-6-8-29(28)33(39)38(34(30)40)27-18-13-23(3)24(4)19-27/h5-20H,1-4H3,(H,36,37)/b30-20+. The lowest BCUT2D eigenvalue weighted by molar-refractivity contribution is -0.112. The Morgan fingerprint density at radius 2 is 1.34 bits per heavy atom. The lowest BCUT2D eigenvalue weighted by Gasteiger charge is -2.29. The Bertz CT molecular complexity index is 1770. The number of hydrogen-bond donors (Lipinski definition) is 1. The number of hydrogen-bond acceptors (Lipinski definition) is 5. The van der Waals surface area contributed by atoms with Gasteiger partial charge in [0.05, 0.1) is 21.8 Å².